The summed E-state index contributed by atoms with van der Waals surface area (Å²) in [6, 6.07) is 17.0. The van der Waals surface area contributed by atoms with E-state index in [-0.39, 0.29) is 5.91 Å². The highest BCUT2D eigenvalue weighted by Gasteiger charge is 2.12. The summed E-state index contributed by atoms with van der Waals surface area (Å²) >= 11 is 0. The molecule has 0 atom stereocenters. The van der Waals surface area contributed by atoms with Gasteiger partial charge in [0.2, 0.25) is 17.5 Å². The molecule has 0 bridgehead atoms. The smallest absolute Gasteiger partial charge is 0.244 e. The number of hydrogen-bond acceptors (Lipinski definition) is 6. The van der Waals surface area contributed by atoms with Crippen LogP contribution in [0.25, 0.3) is 6.08 Å². The van der Waals surface area contributed by atoms with Gasteiger partial charge in [0, 0.05) is 24.9 Å². The van der Waals surface area contributed by atoms with Crippen molar-refractivity contribution in [2.45, 2.75) is 13.2 Å². The third-order valence-corrected chi connectivity index (χ3v) is 4.61. The fraction of sp³-hybridized carbons (Fsp3) is 0.200. The molecule has 0 unspecified atom stereocenters. The average molecular weight is 434 g/mol. The van der Waals surface area contributed by atoms with Gasteiger partial charge < -0.3 is 24.3 Å². The topological polar surface area (TPSA) is 78.9 Å². The van der Waals surface area contributed by atoms with E-state index in [4.69, 9.17) is 18.9 Å². The number of aromatic nitrogens is 1. The Hall–Kier alpha value is -4.00. The van der Waals surface area contributed by atoms with Crippen LogP contribution in [0.2, 0.25) is 0 Å². The van der Waals surface area contributed by atoms with E-state index in [1.54, 1.807) is 45.7 Å². The zero-order valence-corrected chi connectivity index (χ0v) is 18.3. The highest BCUT2D eigenvalue weighted by atomic mass is 16.5. The maximum atomic E-state index is 12.3. The number of nitrogens with zero attached hydrogens (tertiary/aromatic N) is 1. The van der Waals surface area contributed by atoms with Crippen LogP contribution in [0.3, 0.4) is 0 Å². The maximum absolute atomic E-state index is 12.3. The number of carbonyl (C=O) groups excluding carboxylic acids is 1. The number of nitrogens with one attached hydrogen (secondary N) is 1. The van der Waals surface area contributed by atoms with E-state index in [1.807, 2.05) is 42.5 Å². The first-order valence-electron chi connectivity index (χ1n) is 10.0. The van der Waals surface area contributed by atoms with Gasteiger partial charge in [-0.05, 0) is 41.0 Å². The van der Waals surface area contributed by atoms with Crippen LogP contribution < -0.4 is 24.3 Å². The Morgan fingerprint density at radius 1 is 0.938 bits per heavy atom. The minimum atomic E-state index is -0.234. The van der Waals surface area contributed by atoms with Crippen LogP contribution in [0.5, 0.6) is 23.1 Å². The quantitative estimate of drug-likeness (QED) is 0.486. The molecular weight excluding hydrogens is 408 g/mol. The van der Waals surface area contributed by atoms with Crippen LogP contribution in [0, 0.1) is 0 Å². The van der Waals surface area contributed by atoms with Gasteiger partial charge in [0.1, 0.15) is 6.61 Å². The zero-order chi connectivity index (χ0) is 22.8. The second-order valence-corrected chi connectivity index (χ2v) is 6.79. The normalized spacial score (nSPS) is 10.6. The summed E-state index contributed by atoms with van der Waals surface area (Å²) in [7, 11) is 4.63. The molecule has 0 aliphatic rings. The van der Waals surface area contributed by atoms with Gasteiger partial charge in [0.25, 0.3) is 0 Å². The molecule has 0 spiro atoms. The van der Waals surface area contributed by atoms with Crippen molar-refractivity contribution in [1.82, 2.24) is 10.3 Å². The molecule has 3 aromatic rings. The fourth-order valence-electron chi connectivity index (χ4n) is 2.99. The first kappa shape index (κ1) is 22.7. The molecule has 1 amide bonds. The van der Waals surface area contributed by atoms with E-state index >= 15 is 0 Å². The van der Waals surface area contributed by atoms with Gasteiger partial charge in [-0.25, -0.2) is 4.98 Å². The van der Waals surface area contributed by atoms with Gasteiger partial charge in [-0.15, -0.1) is 0 Å². The van der Waals surface area contributed by atoms with Gasteiger partial charge >= 0.3 is 0 Å². The maximum Gasteiger partial charge on any atom is 0.244 e. The molecule has 7 heteroatoms. The lowest BCUT2D eigenvalue weighted by Crippen LogP contribution is -2.20. The van der Waals surface area contributed by atoms with Crippen LogP contribution in [0.15, 0.2) is 66.9 Å². The molecule has 0 aliphatic carbocycles. The van der Waals surface area contributed by atoms with Gasteiger partial charge in [0.05, 0.1) is 21.3 Å². The summed E-state index contributed by atoms with van der Waals surface area (Å²) in [5.74, 6) is 1.81. The molecule has 0 radical (unpaired) electrons. The second-order valence-electron chi connectivity index (χ2n) is 6.79. The van der Waals surface area contributed by atoms with Crippen molar-refractivity contribution in [3.63, 3.8) is 0 Å². The van der Waals surface area contributed by atoms with E-state index in [2.05, 4.69) is 10.3 Å². The predicted octanol–water partition coefficient (Wildman–Crippen LogP) is 4.02. The Kier molecular flexibility index (Phi) is 8.09. The Morgan fingerprint density at radius 3 is 2.31 bits per heavy atom. The number of pyridine rings is 1. The van der Waals surface area contributed by atoms with E-state index in [9.17, 15) is 4.79 Å². The molecule has 7 nitrogen and oxygen atoms in total. The number of carbonyl (C=O) groups is 1. The van der Waals surface area contributed by atoms with Crippen molar-refractivity contribution >= 4 is 12.0 Å². The molecule has 0 saturated heterocycles. The SMILES string of the molecule is COc1cc(/C=C/C(=O)NCc2ccnc(OCc3ccccc3)c2)cc(OC)c1OC. The third kappa shape index (κ3) is 6.25. The van der Waals surface area contributed by atoms with Crippen molar-refractivity contribution < 1.29 is 23.7 Å². The monoisotopic (exact) mass is 434 g/mol. The first-order valence-corrected chi connectivity index (χ1v) is 10.0. The van der Waals surface area contributed by atoms with Crippen molar-refractivity contribution in [2.75, 3.05) is 21.3 Å². The Bertz CT molecular complexity index is 1040. The van der Waals surface area contributed by atoms with Gasteiger partial charge in [0.15, 0.2) is 11.5 Å². The Balaban J connectivity index is 1.57. The minimum absolute atomic E-state index is 0.234. The summed E-state index contributed by atoms with van der Waals surface area (Å²) in [6.07, 6.45) is 4.79. The molecule has 0 saturated carbocycles. The summed E-state index contributed by atoms with van der Waals surface area (Å²) in [5.41, 5.74) is 2.69. The number of ether oxygens (including phenoxy) is 4. The third-order valence-electron chi connectivity index (χ3n) is 4.61. The number of rotatable bonds is 10. The number of methoxy groups -OCH3 is 3. The molecule has 166 valence electrons. The molecule has 2 aromatic carbocycles. The number of benzene rings is 2. The highest BCUT2D eigenvalue weighted by molar-refractivity contribution is 5.91. The summed E-state index contributed by atoms with van der Waals surface area (Å²) in [5, 5.41) is 2.85. The van der Waals surface area contributed by atoms with Crippen LogP contribution in [-0.2, 0) is 17.9 Å². The average Bonchev–Trinajstić information content (AvgIpc) is 2.85. The van der Waals surface area contributed by atoms with Gasteiger partial charge in [-0.1, -0.05) is 30.3 Å². The summed E-state index contributed by atoms with van der Waals surface area (Å²) in [6.45, 7) is 0.782. The molecule has 1 heterocycles. The van der Waals surface area contributed by atoms with Gasteiger partial charge in [-0.2, -0.15) is 0 Å². The van der Waals surface area contributed by atoms with E-state index in [1.165, 1.54) is 6.08 Å². The standard InChI is InChI=1S/C25H26N2O5/c1-29-21-13-19(14-22(30-2)25(21)31-3)9-10-23(28)27-16-20-11-12-26-24(15-20)32-17-18-7-5-4-6-8-18/h4-15H,16-17H2,1-3H3,(H,27,28)/b10-9+. The summed E-state index contributed by atoms with van der Waals surface area (Å²) in [4.78, 5) is 16.5. The second kappa shape index (κ2) is 11.4. The van der Waals surface area contributed by atoms with Gasteiger partial charge in [-0.3, -0.25) is 4.79 Å². The van der Waals surface area contributed by atoms with Crippen molar-refractivity contribution in [3.8, 4) is 23.1 Å². The predicted molar refractivity (Wildman–Crippen MR) is 122 cm³/mol. The molecule has 1 N–H and O–H groups in total. The highest BCUT2D eigenvalue weighted by Crippen LogP contribution is 2.38. The van der Waals surface area contributed by atoms with Crippen LogP contribution in [-0.4, -0.2) is 32.2 Å². The fourth-order valence-corrected chi connectivity index (χ4v) is 2.99. The number of amides is 1. The molecule has 32 heavy (non-hydrogen) atoms. The lowest BCUT2D eigenvalue weighted by atomic mass is 10.1. The first-order chi connectivity index (χ1) is 15.6. The Morgan fingerprint density at radius 2 is 1.66 bits per heavy atom. The minimum Gasteiger partial charge on any atom is -0.493 e. The van der Waals surface area contributed by atoms with E-state index in [0.717, 1.165) is 16.7 Å². The van der Waals surface area contributed by atoms with Crippen LogP contribution in [0.1, 0.15) is 16.7 Å². The molecule has 3 rings (SSSR count). The molecule has 0 fully saturated rings. The van der Waals surface area contributed by atoms with Crippen molar-refractivity contribution in [2.24, 2.45) is 0 Å². The lowest BCUT2D eigenvalue weighted by Gasteiger charge is -2.12. The van der Waals surface area contributed by atoms with Crippen molar-refractivity contribution in [3.05, 3.63) is 83.6 Å². The molecule has 1 aromatic heterocycles. The van der Waals surface area contributed by atoms with Crippen LogP contribution in [0.4, 0.5) is 0 Å². The largest absolute Gasteiger partial charge is 0.493 e. The molecular formula is C25H26N2O5. The number of hydrogen-bond donors (Lipinski definition) is 1. The summed E-state index contributed by atoms with van der Waals surface area (Å²) < 4.78 is 21.7. The molecule has 0 aliphatic heterocycles. The van der Waals surface area contributed by atoms with E-state index in [0.29, 0.717) is 36.3 Å². The zero-order valence-electron chi connectivity index (χ0n) is 18.3. The van der Waals surface area contributed by atoms with Crippen molar-refractivity contribution in [1.29, 1.82) is 0 Å². The van der Waals surface area contributed by atoms with Crippen LogP contribution >= 0.6 is 0 Å². The van der Waals surface area contributed by atoms with E-state index < -0.39 is 0 Å². The Labute approximate surface area is 187 Å². The lowest BCUT2D eigenvalue weighted by molar-refractivity contribution is -0.116.